The molecule has 212 valence electrons. The molecule has 4 rings (SSSR count). The maximum absolute atomic E-state index is 13.8. The number of halogens is 3. The van der Waals surface area contributed by atoms with Gasteiger partial charge < -0.3 is 19.5 Å². The topological polar surface area (TPSA) is 79.3 Å². The Hall–Kier alpha value is -2.49. The van der Waals surface area contributed by atoms with Gasteiger partial charge in [0.1, 0.15) is 11.4 Å². The molecule has 0 bridgehead atoms. The van der Waals surface area contributed by atoms with Crippen LogP contribution in [0.15, 0.2) is 18.2 Å². The fraction of sp³-hybridized carbons (Fsp3) is 0.714. The van der Waals surface area contributed by atoms with E-state index in [2.05, 4.69) is 4.90 Å². The second-order valence-corrected chi connectivity index (χ2v) is 12.0. The average molecular weight is 541 g/mol. The average Bonchev–Trinajstić information content (AvgIpc) is 3.19. The van der Waals surface area contributed by atoms with Crippen LogP contribution in [0.5, 0.6) is 5.75 Å². The minimum atomic E-state index is -4.50. The van der Waals surface area contributed by atoms with Gasteiger partial charge >= 0.3 is 18.2 Å². The second-order valence-electron chi connectivity index (χ2n) is 12.0. The largest absolute Gasteiger partial charge is 0.490 e. The van der Waals surface area contributed by atoms with Gasteiger partial charge in [0.15, 0.2) is 0 Å². The van der Waals surface area contributed by atoms with Crippen molar-refractivity contribution in [3.8, 4) is 5.75 Å². The van der Waals surface area contributed by atoms with Crippen LogP contribution in [0.1, 0.15) is 83.3 Å². The molecule has 1 aromatic carbocycles. The fourth-order valence-corrected chi connectivity index (χ4v) is 6.06. The number of ether oxygens (including phenoxy) is 2. The molecule has 1 saturated carbocycles. The van der Waals surface area contributed by atoms with E-state index >= 15 is 0 Å². The van der Waals surface area contributed by atoms with Crippen molar-refractivity contribution in [3.63, 3.8) is 0 Å². The van der Waals surface area contributed by atoms with Crippen molar-refractivity contribution >= 4 is 12.1 Å². The zero-order valence-electron chi connectivity index (χ0n) is 22.5. The van der Waals surface area contributed by atoms with E-state index < -0.39 is 29.2 Å². The Morgan fingerprint density at radius 3 is 2.24 bits per heavy atom. The summed E-state index contributed by atoms with van der Waals surface area (Å²) in [5.74, 6) is -1.07. The van der Waals surface area contributed by atoms with E-state index in [1.165, 1.54) is 6.07 Å². The van der Waals surface area contributed by atoms with Crippen LogP contribution in [-0.4, -0.2) is 63.8 Å². The Labute approximate surface area is 222 Å². The summed E-state index contributed by atoms with van der Waals surface area (Å²) in [6.07, 6.45) is 0.222. The highest BCUT2D eigenvalue weighted by molar-refractivity contribution is 5.70. The number of amides is 1. The molecule has 3 aliphatic rings. The molecule has 1 aromatic rings. The third-order valence-electron chi connectivity index (χ3n) is 8.08. The van der Waals surface area contributed by atoms with E-state index in [-0.39, 0.29) is 23.5 Å². The Morgan fingerprint density at radius 2 is 1.66 bits per heavy atom. The van der Waals surface area contributed by atoms with Gasteiger partial charge in [-0.05, 0) is 102 Å². The predicted octanol–water partition coefficient (Wildman–Crippen LogP) is 6.09. The van der Waals surface area contributed by atoms with Crippen LogP contribution in [0.4, 0.5) is 18.0 Å². The molecule has 2 saturated heterocycles. The molecule has 38 heavy (non-hydrogen) atoms. The van der Waals surface area contributed by atoms with Gasteiger partial charge in [-0.3, -0.25) is 9.69 Å². The first-order valence-electron chi connectivity index (χ1n) is 13.6. The van der Waals surface area contributed by atoms with Crippen LogP contribution in [0.2, 0.25) is 0 Å². The Morgan fingerprint density at radius 1 is 1.00 bits per heavy atom. The normalized spacial score (nSPS) is 24.4. The number of nitrogens with zero attached hydrogens (tertiary/aromatic N) is 2. The Balaban J connectivity index is 1.45. The van der Waals surface area contributed by atoms with Gasteiger partial charge in [-0.25, -0.2) is 4.79 Å². The van der Waals surface area contributed by atoms with Gasteiger partial charge in [0, 0.05) is 25.2 Å². The van der Waals surface area contributed by atoms with Crippen molar-refractivity contribution in [3.05, 3.63) is 29.3 Å². The number of piperidine rings is 1. The van der Waals surface area contributed by atoms with E-state index in [1.54, 1.807) is 11.0 Å². The lowest BCUT2D eigenvalue weighted by molar-refractivity contribution is -0.143. The highest BCUT2D eigenvalue weighted by atomic mass is 19.4. The van der Waals surface area contributed by atoms with E-state index in [4.69, 9.17) is 9.47 Å². The van der Waals surface area contributed by atoms with Gasteiger partial charge in [0.2, 0.25) is 0 Å². The van der Waals surface area contributed by atoms with Crippen LogP contribution >= 0.6 is 0 Å². The van der Waals surface area contributed by atoms with E-state index in [0.717, 1.165) is 38.3 Å². The van der Waals surface area contributed by atoms with Gasteiger partial charge in [-0.1, -0.05) is 0 Å². The zero-order chi connectivity index (χ0) is 27.7. The lowest BCUT2D eigenvalue weighted by atomic mass is 9.84. The number of carboxylic acids is 1. The molecule has 0 atom stereocenters. The molecule has 10 heteroatoms. The molecule has 0 radical (unpaired) electrons. The van der Waals surface area contributed by atoms with Crippen LogP contribution in [0.3, 0.4) is 0 Å². The molecule has 0 aromatic heterocycles. The van der Waals surface area contributed by atoms with E-state index in [1.807, 2.05) is 20.8 Å². The van der Waals surface area contributed by atoms with Crippen molar-refractivity contribution < 1.29 is 37.3 Å². The van der Waals surface area contributed by atoms with Gasteiger partial charge in [-0.15, -0.1) is 0 Å². The highest BCUT2D eigenvalue weighted by Gasteiger charge is 2.44. The smallest absolute Gasteiger partial charge is 0.416 e. The lowest BCUT2D eigenvalue weighted by Gasteiger charge is -2.45. The van der Waals surface area contributed by atoms with E-state index in [9.17, 15) is 27.9 Å². The summed E-state index contributed by atoms with van der Waals surface area (Å²) in [4.78, 5) is 27.7. The van der Waals surface area contributed by atoms with Crippen LogP contribution in [0, 0.1) is 5.92 Å². The fourth-order valence-electron chi connectivity index (χ4n) is 6.06. The molecular formula is C28H39F3N2O5. The molecule has 1 spiro atoms. The summed E-state index contributed by atoms with van der Waals surface area (Å²) in [6.45, 7) is 7.79. The number of likely N-dealkylation sites (tertiary alicyclic amines) is 2. The first kappa shape index (κ1) is 28.5. The summed E-state index contributed by atoms with van der Waals surface area (Å²) in [6, 6.07) is 3.95. The third kappa shape index (κ3) is 6.93. The first-order chi connectivity index (χ1) is 17.7. The van der Waals surface area contributed by atoms with Crippen LogP contribution in [-0.2, 0) is 22.3 Å². The minimum Gasteiger partial charge on any atom is -0.490 e. The van der Waals surface area contributed by atoms with Crippen molar-refractivity contribution in [1.82, 2.24) is 9.80 Å². The molecule has 1 amide bonds. The predicted molar refractivity (Wildman–Crippen MR) is 135 cm³/mol. The summed E-state index contributed by atoms with van der Waals surface area (Å²) >= 11 is 0. The zero-order valence-corrected chi connectivity index (χ0v) is 22.5. The number of aliphatic carboxylic acids is 1. The third-order valence-corrected chi connectivity index (χ3v) is 8.08. The van der Waals surface area contributed by atoms with E-state index in [0.29, 0.717) is 50.9 Å². The molecule has 0 unspecified atom stereocenters. The number of carbonyl (C=O) groups excluding carboxylic acids is 1. The van der Waals surface area contributed by atoms with Crippen LogP contribution in [0.25, 0.3) is 0 Å². The summed E-state index contributed by atoms with van der Waals surface area (Å²) in [7, 11) is 0. The van der Waals surface area contributed by atoms with Crippen molar-refractivity contribution in [2.45, 2.75) is 102 Å². The number of benzene rings is 1. The first-order valence-corrected chi connectivity index (χ1v) is 13.6. The number of hydrogen-bond acceptors (Lipinski definition) is 5. The quantitative estimate of drug-likeness (QED) is 0.487. The summed E-state index contributed by atoms with van der Waals surface area (Å²) in [5, 5.41) is 9.21. The number of carboxylic acid groups (broad SMARTS) is 1. The Bertz CT molecular complexity index is 1010. The molecule has 1 N–H and O–H groups in total. The van der Waals surface area contributed by atoms with Crippen LogP contribution < -0.4 is 4.74 Å². The number of alkyl halides is 3. The molecule has 3 fully saturated rings. The standard InChI is InChI=1S/C28H39F3N2O5/c1-26(2,3)38-25(36)32-13-10-27(11-14-32)9-4-12-33(27)18-19-15-21(28(29,30)31)17-23(16-19)37-22-7-5-20(6-8-22)24(34)35/h15-17,20,22H,4-14,18H2,1-3H3,(H,34,35). The van der Waals surface area contributed by atoms with Crippen molar-refractivity contribution in [2.24, 2.45) is 5.92 Å². The van der Waals surface area contributed by atoms with Gasteiger partial charge in [0.25, 0.3) is 0 Å². The van der Waals surface area contributed by atoms with Gasteiger partial charge in [0.05, 0.1) is 17.6 Å². The molecule has 7 nitrogen and oxygen atoms in total. The second kappa shape index (κ2) is 10.9. The highest BCUT2D eigenvalue weighted by Crippen LogP contribution is 2.41. The SMILES string of the molecule is CC(C)(C)OC(=O)N1CCC2(CCCN2Cc2cc(OC3CCC(C(=O)O)CC3)cc(C(F)(F)F)c2)CC1. The summed E-state index contributed by atoms with van der Waals surface area (Å²) in [5.41, 5.74) is -0.907. The summed E-state index contributed by atoms with van der Waals surface area (Å²) < 4.78 is 52.8. The lowest BCUT2D eigenvalue weighted by Crippen LogP contribution is -2.53. The minimum absolute atomic E-state index is 0.150. The maximum Gasteiger partial charge on any atom is 0.416 e. The Kier molecular flexibility index (Phi) is 8.21. The molecular weight excluding hydrogens is 501 g/mol. The number of rotatable bonds is 5. The molecule has 1 aliphatic carbocycles. The number of carbonyl (C=O) groups is 2. The van der Waals surface area contributed by atoms with Gasteiger partial charge in [-0.2, -0.15) is 13.2 Å². The molecule has 2 heterocycles. The maximum atomic E-state index is 13.8. The monoisotopic (exact) mass is 540 g/mol. The number of hydrogen-bond donors (Lipinski definition) is 1. The van der Waals surface area contributed by atoms with Crippen molar-refractivity contribution in [1.29, 1.82) is 0 Å². The van der Waals surface area contributed by atoms with Crippen molar-refractivity contribution in [2.75, 3.05) is 19.6 Å². The molecule has 2 aliphatic heterocycles.